The monoisotopic (exact) mass is 249 g/mol. The van der Waals surface area contributed by atoms with Crippen LogP contribution in [0.4, 0.5) is 0 Å². The van der Waals surface area contributed by atoms with E-state index in [1.165, 1.54) is 6.92 Å². The molecule has 7 heteroatoms. The smallest absolute Gasteiger partial charge is 0.220 e. The molecule has 0 radical (unpaired) electrons. The number of carbonyl (C=O) groups is 2. The topological polar surface area (TPSA) is 95.7 Å². The zero-order valence-electron chi connectivity index (χ0n) is 9.67. The van der Waals surface area contributed by atoms with Crippen molar-refractivity contribution in [3.8, 4) is 0 Å². The number of rotatable bonds is 7. The normalized spacial score (nSPS) is 16.9. The quantitative estimate of drug-likeness (QED) is 0.184. The summed E-state index contributed by atoms with van der Waals surface area (Å²) in [7, 11) is 3.36. The van der Waals surface area contributed by atoms with Crippen LogP contribution in [0.1, 0.15) is 6.92 Å². The van der Waals surface area contributed by atoms with Crippen LogP contribution in [0.5, 0.6) is 0 Å². The van der Waals surface area contributed by atoms with E-state index in [9.17, 15) is 14.7 Å². The summed E-state index contributed by atoms with van der Waals surface area (Å²) in [4.78, 5) is 25.1. The minimum atomic E-state index is -1.07. The highest BCUT2D eigenvalue weighted by molar-refractivity contribution is 7.80. The summed E-state index contributed by atoms with van der Waals surface area (Å²) in [6.45, 7) is 1.39. The van der Waals surface area contributed by atoms with Gasteiger partial charge in [-0.2, -0.15) is 12.6 Å². The highest BCUT2D eigenvalue weighted by Gasteiger charge is 2.33. The molecule has 3 atom stereocenters. The number of Topliss-reactive ketones (excluding diaryl/α,β-unsaturated/α-hetero) is 2. The average molecular weight is 249 g/mol. The van der Waals surface area contributed by atoms with Crippen LogP contribution in [0.25, 0.3) is 0 Å². The summed E-state index contributed by atoms with van der Waals surface area (Å²) < 4.78 is 0. The molecule has 0 aliphatic carbocycles. The summed E-state index contributed by atoms with van der Waals surface area (Å²) in [6, 6.07) is -1.68. The number of nitrogens with one attached hydrogen (secondary N) is 1. The molecule has 0 saturated heterocycles. The Morgan fingerprint density at radius 2 is 1.94 bits per heavy atom. The molecule has 0 fully saturated rings. The van der Waals surface area contributed by atoms with Gasteiger partial charge in [-0.25, -0.2) is 5.43 Å². The Balaban J connectivity index is 4.76. The van der Waals surface area contributed by atoms with E-state index < -0.39 is 29.8 Å². The first-order valence-electron chi connectivity index (χ1n) is 4.86. The Bertz CT molecular complexity index is 232. The van der Waals surface area contributed by atoms with Crippen LogP contribution in [0, 0.1) is 0 Å². The molecule has 0 aliphatic heterocycles. The van der Waals surface area contributed by atoms with Gasteiger partial charge in [-0.1, -0.05) is 0 Å². The van der Waals surface area contributed by atoms with Gasteiger partial charge in [0.05, 0.1) is 12.1 Å². The van der Waals surface area contributed by atoms with Crippen molar-refractivity contribution < 1.29 is 14.7 Å². The maximum atomic E-state index is 11.8. The molecule has 0 aromatic rings. The second-order valence-electron chi connectivity index (χ2n) is 3.78. The van der Waals surface area contributed by atoms with Crippen molar-refractivity contribution in [3.05, 3.63) is 0 Å². The predicted octanol–water partition coefficient (Wildman–Crippen LogP) is -1.80. The Morgan fingerprint density at radius 1 is 1.44 bits per heavy atom. The maximum absolute atomic E-state index is 11.8. The van der Waals surface area contributed by atoms with Crippen LogP contribution < -0.4 is 11.3 Å². The first-order chi connectivity index (χ1) is 7.36. The highest BCUT2D eigenvalue weighted by atomic mass is 32.1. The van der Waals surface area contributed by atoms with Gasteiger partial charge in [0.15, 0.2) is 0 Å². The van der Waals surface area contributed by atoms with Crippen molar-refractivity contribution in [1.29, 1.82) is 0 Å². The highest BCUT2D eigenvalue weighted by Crippen LogP contribution is 2.03. The van der Waals surface area contributed by atoms with E-state index >= 15 is 0 Å². The zero-order chi connectivity index (χ0) is 12.9. The zero-order valence-corrected chi connectivity index (χ0v) is 10.6. The van der Waals surface area contributed by atoms with Crippen molar-refractivity contribution >= 4 is 24.2 Å². The second-order valence-corrected chi connectivity index (χ2v) is 4.14. The van der Waals surface area contributed by atoms with Gasteiger partial charge in [0.2, 0.25) is 11.6 Å². The molecule has 16 heavy (non-hydrogen) atoms. The third-order valence-electron chi connectivity index (χ3n) is 2.29. The van der Waals surface area contributed by atoms with Crippen molar-refractivity contribution in [2.45, 2.75) is 25.1 Å². The fraction of sp³-hybridized carbons (Fsp3) is 0.778. The molecule has 0 spiro atoms. The minimum Gasteiger partial charge on any atom is -0.391 e. The van der Waals surface area contributed by atoms with E-state index in [2.05, 4.69) is 18.1 Å². The lowest BCUT2D eigenvalue weighted by Crippen LogP contribution is -2.54. The number of carbonyl (C=O) groups excluding carboxylic acids is 2. The summed E-state index contributed by atoms with van der Waals surface area (Å²) in [5.41, 5.74) is 2.14. The number of likely N-dealkylation sites (N-methyl/N-ethyl adjacent to an activating group) is 1. The maximum Gasteiger partial charge on any atom is 0.220 e. The molecule has 0 aromatic heterocycles. The molecule has 0 aromatic carbocycles. The number of aliphatic hydroxyl groups excluding tert-OH is 1. The van der Waals surface area contributed by atoms with E-state index in [-0.39, 0.29) is 5.75 Å². The lowest BCUT2D eigenvalue weighted by molar-refractivity contribution is -0.141. The number of hydrogen-bond donors (Lipinski definition) is 4. The number of aliphatic hydroxyl groups is 1. The first-order valence-corrected chi connectivity index (χ1v) is 5.49. The van der Waals surface area contributed by atoms with Gasteiger partial charge in [0, 0.05) is 5.75 Å². The number of thiol groups is 1. The molecular weight excluding hydrogens is 230 g/mol. The standard InChI is InChI=1S/C9H19N3O3S/c1-5(13)7(11-10)9(15)8(14)6(4-16)12(2)3/h5-7,11,13,16H,4,10H2,1-3H3/t5-,6+,7+/m1/s1. The lowest BCUT2D eigenvalue weighted by Gasteiger charge is -2.23. The summed E-state index contributed by atoms with van der Waals surface area (Å²) in [5, 5.41) is 9.28. The van der Waals surface area contributed by atoms with Crippen LogP contribution in [0.2, 0.25) is 0 Å². The second kappa shape index (κ2) is 6.97. The number of ketones is 2. The molecule has 0 heterocycles. The van der Waals surface area contributed by atoms with Crippen LogP contribution in [-0.4, -0.2) is 59.6 Å². The third-order valence-corrected chi connectivity index (χ3v) is 2.63. The van der Waals surface area contributed by atoms with E-state index in [1.54, 1.807) is 19.0 Å². The van der Waals surface area contributed by atoms with Crippen molar-refractivity contribution in [1.82, 2.24) is 10.3 Å². The van der Waals surface area contributed by atoms with Crippen molar-refractivity contribution in [3.63, 3.8) is 0 Å². The molecule has 0 unspecified atom stereocenters. The van der Waals surface area contributed by atoms with Crippen LogP contribution >= 0.6 is 12.6 Å². The van der Waals surface area contributed by atoms with Crippen LogP contribution in [0.15, 0.2) is 0 Å². The van der Waals surface area contributed by atoms with Gasteiger partial charge >= 0.3 is 0 Å². The molecule has 0 saturated carbocycles. The summed E-state index contributed by atoms with van der Waals surface area (Å²) >= 11 is 4.01. The van der Waals surface area contributed by atoms with Crippen molar-refractivity contribution in [2.24, 2.45) is 5.84 Å². The minimum absolute atomic E-state index is 0.231. The number of hydrogen-bond acceptors (Lipinski definition) is 7. The average Bonchev–Trinajstić information content (AvgIpc) is 2.18. The Hall–Kier alpha value is -0.470. The molecule has 0 bridgehead atoms. The van der Waals surface area contributed by atoms with E-state index in [4.69, 9.17) is 5.84 Å². The number of nitrogens with two attached hydrogens (primary N) is 1. The SMILES string of the molecule is C[C@@H](O)[C@H](NN)C(=O)C(=O)[C@H](CS)N(C)C. The molecule has 0 rings (SSSR count). The largest absolute Gasteiger partial charge is 0.391 e. The van der Waals surface area contributed by atoms with Gasteiger partial charge in [-0.15, -0.1) is 0 Å². The third kappa shape index (κ3) is 3.84. The van der Waals surface area contributed by atoms with E-state index in [1.807, 2.05) is 0 Å². The van der Waals surface area contributed by atoms with Gasteiger partial charge < -0.3 is 5.11 Å². The molecule has 0 aliphatic rings. The van der Waals surface area contributed by atoms with Gasteiger partial charge in [-0.3, -0.25) is 20.3 Å². The van der Waals surface area contributed by atoms with Crippen molar-refractivity contribution in [2.75, 3.05) is 19.8 Å². The Morgan fingerprint density at radius 3 is 2.19 bits per heavy atom. The molecule has 0 amide bonds. The van der Waals surface area contributed by atoms with Gasteiger partial charge in [-0.05, 0) is 21.0 Å². The van der Waals surface area contributed by atoms with Gasteiger partial charge in [0.25, 0.3) is 0 Å². The molecular formula is C9H19N3O3S. The van der Waals surface area contributed by atoms with Crippen LogP contribution in [0.3, 0.4) is 0 Å². The predicted molar refractivity (Wildman–Crippen MR) is 64.1 cm³/mol. The fourth-order valence-electron chi connectivity index (χ4n) is 1.23. The summed E-state index contributed by atoms with van der Waals surface area (Å²) in [6.07, 6.45) is -1.02. The fourth-order valence-corrected chi connectivity index (χ4v) is 1.72. The Kier molecular flexibility index (Phi) is 6.77. The summed E-state index contributed by atoms with van der Waals surface area (Å²) in [5.74, 6) is 4.01. The first kappa shape index (κ1) is 15.5. The van der Waals surface area contributed by atoms with Gasteiger partial charge in [0.1, 0.15) is 6.04 Å². The van der Waals surface area contributed by atoms with Crippen LogP contribution in [-0.2, 0) is 9.59 Å². The number of nitrogens with zero attached hydrogens (tertiary/aromatic N) is 1. The Labute approximate surface area is 101 Å². The van der Waals surface area contributed by atoms with E-state index in [0.717, 1.165) is 0 Å². The molecule has 94 valence electrons. The number of hydrazine groups is 1. The lowest BCUT2D eigenvalue weighted by atomic mass is 10.0. The molecule has 6 nitrogen and oxygen atoms in total. The van der Waals surface area contributed by atoms with E-state index in [0.29, 0.717) is 0 Å². The molecule has 4 N–H and O–H groups in total.